The van der Waals surface area contributed by atoms with Gasteiger partial charge in [-0.05, 0) is 42.5 Å². The number of ether oxygens (including phenoxy) is 1. The summed E-state index contributed by atoms with van der Waals surface area (Å²) in [5.74, 6) is 0.265. The van der Waals surface area contributed by atoms with Gasteiger partial charge in [-0.15, -0.1) is 0 Å². The smallest absolute Gasteiger partial charge is 0.265 e. The van der Waals surface area contributed by atoms with Crippen LogP contribution in [-0.4, -0.2) is 22.6 Å². The van der Waals surface area contributed by atoms with E-state index >= 15 is 0 Å². The second-order valence-corrected chi connectivity index (χ2v) is 6.14. The summed E-state index contributed by atoms with van der Waals surface area (Å²) < 4.78 is 6.74. The molecule has 0 aliphatic heterocycles. The highest BCUT2D eigenvalue weighted by atomic mass is 16.5. The number of nitrogens with one attached hydrogen (secondary N) is 1. The predicted octanol–water partition coefficient (Wildman–Crippen LogP) is 3.65. The van der Waals surface area contributed by atoms with Crippen molar-refractivity contribution in [3.63, 3.8) is 0 Å². The van der Waals surface area contributed by atoms with E-state index in [4.69, 9.17) is 4.74 Å². The molecule has 1 N–H and O–H groups in total. The van der Waals surface area contributed by atoms with Gasteiger partial charge in [-0.3, -0.25) is 14.2 Å². The number of anilines is 1. The highest BCUT2D eigenvalue weighted by Crippen LogP contribution is 2.24. The van der Waals surface area contributed by atoms with E-state index < -0.39 is 0 Å². The normalized spacial score (nSPS) is 10.6. The first-order valence-electron chi connectivity index (χ1n) is 8.68. The van der Waals surface area contributed by atoms with E-state index in [1.165, 1.54) is 10.9 Å². The molecule has 6 heteroatoms. The standard InChI is InChI=1S/C22H17N3O3/c1-28-20-10-6-5-9-18(20)24-21(26)15-11-12-17-19(13-15)23-14-25(22(17)27)16-7-3-2-4-8-16/h2-14H,1H3,(H,24,26). The highest BCUT2D eigenvalue weighted by molar-refractivity contribution is 6.06. The van der Waals surface area contributed by atoms with Crippen molar-refractivity contribution in [2.75, 3.05) is 12.4 Å². The van der Waals surface area contributed by atoms with Gasteiger partial charge in [-0.25, -0.2) is 4.98 Å². The Balaban J connectivity index is 1.69. The lowest BCUT2D eigenvalue weighted by atomic mass is 10.1. The zero-order valence-electron chi connectivity index (χ0n) is 15.1. The van der Waals surface area contributed by atoms with Gasteiger partial charge < -0.3 is 10.1 Å². The van der Waals surface area contributed by atoms with Crippen LogP contribution in [0, 0.1) is 0 Å². The zero-order valence-corrected chi connectivity index (χ0v) is 15.1. The molecule has 4 aromatic rings. The Kier molecular flexibility index (Phi) is 4.60. The third-order valence-corrected chi connectivity index (χ3v) is 4.41. The number of rotatable bonds is 4. The van der Waals surface area contributed by atoms with Gasteiger partial charge >= 0.3 is 0 Å². The molecule has 0 aliphatic carbocycles. The maximum Gasteiger partial charge on any atom is 0.265 e. The van der Waals surface area contributed by atoms with Crippen LogP contribution in [0.2, 0.25) is 0 Å². The Morgan fingerprint density at radius 3 is 2.54 bits per heavy atom. The van der Waals surface area contributed by atoms with Crippen LogP contribution in [0.4, 0.5) is 5.69 Å². The second kappa shape index (κ2) is 7.36. The lowest BCUT2D eigenvalue weighted by Crippen LogP contribution is -2.19. The molecule has 0 unspecified atom stereocenters. The summed E-state index contributed by atoms with van der Waals surface area (Å²) in [5, 5.41) is 3.26. The molecule has 0 spiro atoms. The fourth-order valence-electron chi connectivity index (χ4n) is 2.98. The molecule has 1 amide bonds. The molecule has 3 aromatic carbocycles. The predicted molar refractivity (Wildman–Crippen MR) is 108 cm³/mol. The first-order valence-corrected chi connectivity index (χ1v) is 8.68. The highest BCUT2D eigenvalue weighted by Gasteiger charge is 2.12. The van der Waals surface area contributed by atoms with Gasteiger partial charge in [-0.1, -0.05) is 30.3 Å². The van der Waals surface area contributed by atoms with Crippen LogP contribution in [0.5, 0.6) is 5.75 Å². The largest absolute Gasteiger partial charge is 0.495 e. The number of benzene rings is 3. The van der Waals surface area contributed by atoms with Crippen molar-refractivity contribution in [1.82, 2.24) is 9.55 Å². The number of aromatic nitrogens is 2. The van der Waals surface area contributed by atoms with Crippen molar-refractivity contribution in [2.24, 2.45) is 0 Å². The van der Waals surface area contributed by atoms with Crippen LogP contribution in [0.15, 0.2) is 83.9 Å². The van der Waals surface area contributed by atoms with Gasteiger partial charge in [0.2, 0.25) is 0 Å². The van der Waals surface area contributed by atoms with E-state index in [0.29, 0.717) is 27.9 Å². The average molecular weight is 371 g/mol. The van der Waals surface area contributed by atoms with E-state index in [0.717, 1.165) is 5.69 Å². The summed E-state index contributed by atoms with van der Waals surface area (Å²) in [6.45, 7) is 0. The molecule has 6 nitrogen and oxygen atoms in total. The summed E-state index contributed by atoms with van der Waals surface area (Å²) in [4.78, 5) is 29.8. The Morgan fingerprint density at radius 1 is 1.00 bits per heavy atom. The fourth-order valence-corrected chi connectivity index (χ4v) is 2.98. The van der Waals surface area contributed by atoms with Gasteiger partial charge in [0.05, 0.1) is 29.4 Å². The first kappa shape index (κ1) is 17.5. The van der Waals surface area contributed by atoms with Gasteiger partial charge in [0.1, 0.15) is 12.1 Å². The van der Waals surface area contributed by atoms with Crippen molar-refractivity contribution in [2.45, 2.75) is 0 Å². The van der Waals surface area contributed by atoms with Gasteiger partial charge in [0, 0.05) is 5.56 Å². The van der Waals surface area contributed by atoms with Crippen molar-refractivity contribution >= 4 is 22.5 Å². The number of nitrogens with zero attached hydrogens (tertiary/aromatic N) is 2. The van der Waals surface area contributed by atoms with Crippen molar-refractivity contribution < 1.29 is 9.53 Å². The van der Waals surface area contributed by atoms with Gasteiger partial charge in [0.25, 0.3) is 11.5 Å². The maximum atomic E-state index is 12.8. The van der Waals surface area contributed by atoms with Gasteiger partial charge in [0.15, 0.2) is 0 Å². The molecule has 0 fully saturated rings. The topological polar surface area (TPSA) is 73.2 Å². The molecule has 0 radical (unpaired) electrons. The third-order valence-electron chi connectivity index (χ3n) is 4.41. The summed E-state index contributed by atoms with van der Waals surface area (Å²) in [6.07, 6.45) is 1.47. The number of para-hydroxylation sites is 3. The number of amides is 1. The van der Waals surface area contributed by atoms with Crippen LogP contribution in [0.25, 0.3) is 16.6 Å². The van der Waals surface area contributed by atoms with Crippen LogP contribution >= 0.6 is 0 Å². The summed E-state index contributed by atoms with van der Waals surface area (Å²) >= 11 is 0. The second-order valence-electron chi connectivity index (χ2n) is 6.14. The number of hydrogen-bond acceptors (Lipinski definition) is 4. The molecule has 1 heterocycles. The molecule has 0 saturated heterocycles. The average Bonchev–Trinajstić information content (AvgIpc) is 2.74. The number of hydrogen-bond donors (Lipinski definition) is 1. The number of methoxy groups -OCH3 is 1. The first-order chi connectivity index (χ1) is 13.7. The Hall–Kier alpha value is -3.93. The molecule has 138 valence electrons. The van der Waals surface area contributed by atoms with Crippen LogP contribution in [0.3, 0.4) is 0 Å². The lowest BCUT2D eigenvalue weighted by molar-refractivity contribution is 0.102. The number of fused-ring (bicyclic) bond motifs is 1. The van der Waals surface area contributed by atoms with Crippen LogP contribution < -0.4 is 15.6 Å². The molecule has 28 heavy (non-hydrogen) atoms. The van der Waals surface area contributed by atoms with Crippen molar-refractivity contribution in [3.05, 3.63) is 95.0 Å². The summed E-state index contributed by atoms with van der Waals surface area (Å²) in [5.41, 5.74) is 1.99. The van der Waals surface area contributed by atoms with Crippen molar-refractivity contribution in [1.29, 1.82) is 0 Å². The lowest BCUT2D eigenvalue weighted by Gasteiger charge is -2.10. The van der Waals surface area contributed by atoms with E-state index in [9.17, 15) is 9.59 Å². The van der Waals surface area contributed by atoms with E-state index in [1.54, 1.807) is 37.4 Å². The van der Waals surface area contributed by atoms with E-state index in [2.05, 4.69) is 10.3 Å². The molecular weight excluding hydrogens is 354 g/mol. The Labute approximate surface area is 161 Å². The maximum absolute atomic E-state index is 12.8. The minimum absolute atomic E-state index is 0.187. The monoisotopic (exact) mass is 371 g/mol. The number of carbonyl (C=O) groups excluding carboxylic acids is 1. The molecule has 0 bridgehead atoms. The van der Waals surface area contributed by atoms with E-state index in [1.807, 2.05) is 42.5 Å². The molecular formula is C22H17N3O3. The molecule has 0 aliphatic rings. The van der Waals surface area contributed by atoms with Crippen LogP contribution in [-0.2, 0) is 0 Å². The molecule has 4 rings (SSSR count). The van der Waals surface area contributed by atoms with Crippen LogP contribution in [0.1, 0.15) is 10.4 Å². The summed E-state index contributed by atoms with van der Waals surface area (Å²) in [6, 6.07) is 21.3. The molecule has 0 atom stereocenters. The fraction of sp³-hybridized carbons (Fsp3) is 0.0455. The van der Waals surface area contributed by atoms with Crippen molar-refractivity contribution in [3.8, 4) is 11.4 Å². The SMILES string of the molecule is COc1ccccc1NC(=O)c1ccc2c(=O)n(-c3ccccc3)cnc2c1. The van der Waals surface area contributed by atoms with Gasteiger partial charge in [-0.2, -0.15) is 0 Å². The zero-order chi connectivity index (χ0) is 19.5. The Morgan fingerprint density at radius 2 is 1.75 bits per heavy atom. The summed E-state index contributed by atoms with van der Waals surface area (Å²) in [7, 11) is 1.54. The molecule has 1 aromatic heterocycles. The van der Waals surface area contributed by atoms with E-state index in [-0.39, 0.29) is 11.5 Å². The molecule has 0 saturated carbocycles. The quantitative estimate of drug-likeness (QED) is 0.594. The Bertz CT molecular complexity index is 1220. The minimum atomic E-state index is -0.305. The number of carbonyl (C=O) groups is 1. The minimum Gasteiger partial charge on any atom is -0.495 e. The third kappa shape index (κ3) is 3.23.